The van der Waals surface area contributed by atoms with Crippen molar-refractivity contribution < 1.29 is 19.4 Å². The molecule has 1 heterocycles. The molecule has 0 spiro atoms. The normalized spacial score (nSPS) is 16.1. The molecule has 26 heavy (non-hydrogen) atoms. The van der Waals surface area contributed by atoms with Crippen LogP contribution in [-0.4, -0.2) is 39.4 Å². The Balaban J connectivity index is 1.89. The van der Waals surface area contributed by atoms with Gasteiger partial charge in [0.15, 0.2) is 11.4 Å². The van der Waals surface area contributed by atoms with Crippen LogP contribution in [0.2, 0.25) is 5.02 Å². The molecule has 0 atom stereocenters. The summed E-state index contributed by atoms with van der Waals surface area (Å²) in [5.74, 6) is -1.30. The lowest BCUT2D eigenvalue weighted by molar-refractivity contribution is -0.145. The van der Waals surface area contributed by atoms with Crippen molar-refractivity contribution in [1.29, 1.82) is 0 Å². The highest BCUT2D eigenvalue weighted by molar-refractivity contribution is 6.30. The lowest BCUT2D eigenvalue weighted by atomic mass is 9.81. The minimum atomic E-state index is -1.25. The Morgan fingerprint density at radius 2 is 1.88 bits per heavy atom. The Kier molecular flexibility index (Phi) is 5.18. The molecule has 7 nitrogen and oxygen atoms in total. The summed E-state index contributed by atoms with van der Waals surface area (Å²) in [6.45, 7) is 0. The van der Waals surface area contributed by atoms with Gasteiger partial charge < -0.3 is 15.2 Å². The number of hydrogen-bond acceptors (Lipinski definition) is 4. The fourth-order valence-electron chi connectivity index (χ4n) is 3.22. The van der Waals surface area contributed by atoms with Crippen LogP contribution < -0.4 is 10.1 Å². The van der Waals surface area contributed by atoms with Crippen molar-refractivity contribution in [2.45, 2.75) is 37.6 Å². The predicted octanol–water partition coefficient (Wildman–Crippen LogP) is 3.05. The van der Waals surface area contributed by atoms with E-state index >= 15 is 0 Å². The first-order valence-electron chi connectivity index (χ1n) is 8.41. The van der Waals surface area contributed by atoms with Crippen LogP contribution in [0, 0.1) is 0 Å². The lowest BCUT2D eigenvalue weighted by Gasteiger charge is -2.33. The number of nitrogens with zero attached hydrogens (tertiary/aromatic N) is 2. The lowest BCUT2D eigenvalue weighted by Crippen LogP contribution is -2.55. The summed E-state index contributed by atoms with van der Waals surface area (Å²) in [4.78, 5) is 24.5. The molecule has 0 saturated heterocycles. The van der Waals surface area contributed by atoms with E-state index in [0.29, 0.717) is 23.6 Å². The molecule has 1 aliphatic rings. The van der Waals surface area contributed by atoms with Crippen LogP contribution >= 0.6 is 11.6 Å². The summed E-state index contributed by atoms with van der Waals surface area (Å²) >= 11 is 5.89. The standard InChI is InChI=1S/C18H20ClN3O4/c1-26-14-11-22(13-7-5-12(19)6-8-13)21-15(14)16(23)20-18(17(24)25)9-3-2-4-10-18/h5-8,11H,2-4,9-10H2,1H3,(H,20,23)(H,24,25). The number of carbonyl (C=O) groups is 2. The Bertz CT molecular complexity index is 810. The highest BCUT2D eigenvalue weighted by Gasteiger charge is 2.42. The van der Waals surface area contributed by atoms with Gasteiger partial charge in [-0.1, -0.05) is 30.9 Å². The molecule has 1 aromatic carbocycles. The van der Waals surface area contributed by atoms with Crippen LogP contribution in [0.3, 0.4) is 0 Å². The topological polar surface area (TPSA) is 93.5 Å². The van der Waals surface area contributed by atoms with Gasteiger partial charge in [0.25, 0.3) is 5.91 Å². The molecule has 1 aliphatic carbocycles. The van der Waals surface area contributed by atoms with Crippen molar-refractivity contribution in [3.8, 4) is 11.4 Å². The Morgan fingerprint density at radius 3 is 2.46 bits per heavy atom. The fourth-order valence-corrected chi connectivity index (χ4v) is 3.34. The van der Waals surface area contributed by atoms with E-state index < -0.39 is 17.4 Å². The number of methoxy groups -OCH3 is 1. The predicted molar refractivity (Wildman–Crippen MR) is 96.0 cm³/mol. The molecule has 1 aromatic heterocycles. The van der Waals surface area contributed by atoms with Gasteiger partial charge in [0.05, 0.1) is 19.0 Å². The van der Waals surface area contributed by atoms with Gasteiger partial charge in [0.2, 0.25) is 0 Å². The van der Waals surface area contributed by atoms with Gasteiger partial charge in [-0.2, -0.15) is 5.10 Å². The molecule has 2 aromatic rings. The van der Waals surface area contributed by atoms with Gasteiger partial charge in [0.1, 0.15) is 5.54 Å². The van der Waals surface area contributed by atoms with E-state index in [-0.39, 0.29) is 11.4 Å². The summed E-state index contributed by atoms with van der Waals surface area (Å²) < 4.78 is 6.76. The third kappa shape index (κ3) is 3.53. The maximum atomic E-state index is 12.7. The molecule has 1 amide bonds. The van der Waals surface area contributed by atoms with Crippen molar-refractivity contribution in [2.75, 3.05) is 7.11 Å². The van der Waals surface area contributed by atoms with Crippen molar-refractivity contribution >= 4 is 23.5 Å². The van der Waals surface area contributed by atoms with Gasteiger partial charge in [-0.25, -0.2) is 9.48 Å². The monoisotopic (exact) mass is 377 g/mol. The van der Waals surface area contributed by atoms with E-state index in [2.05, 4.69) is 10.4 Å². The van der Waals surface area contributed by atoms with Gasteiger partial charge in [-0.05, 0) is 37.1 Å². The molecule has 8 heteroatoms. The Hall–Kier alpha value is -2.54. The first kappa shape index (κ1) is 18.3. The molecular weight excluding hydrogens is 358 g/mol. The van der Waals surface area contributed by atoms with Crippen LogP contribution in [0.5, 0.6) is 5.75 Å². The molecule has 0 aliphatic heterocycles. The second-order valence-corrected chi connectivity index (χ2v) is 6.81. The zero-order valence-electron chi connectivity index (χ0n) is 14.4. The number of benzene rings is 1. The van der Waals surface area contributed by atoms with Crippen LogP contribution in [0.25, 0.3) is 5.69 Å². The van der Waals surface area contributed by atoms with Gasteiger partial charge in [0, 0.05) is 5.02 Å². The quantitative estimate of drug-likeness (QED) is 0.835. The summed E-state index contributed by atoms with van der Waals surface area (Å²) in [5, 5.41) is 17.2. The zero-order chi connectivity index (χ0) is 18.7. The van der Waals surface area contributed by atoms with Crippen molar-refractivity contribution in [3.63, 3.8) is 0 Å². The number of carboxylic acids is 1. The Morgan fingerprint density at radius 1 is 1.23 bits per heavy atom. The fraction of sp³-hybridized carbons (Fsp3) is 0.389. The SMILES string of the molecule is COc1cn(-c2ccc(Cl)cc2)nc1C(=O)NC1(C(=O)O)CCCCC1. The second kappa shape index (κ2) is 7.37. The smallest absolute Gasteiger partial charge is 0.329 e. The summed E-state index contributed by atoms with van der Waals surface area (Å²) in [6.07, 6.45) is 4.90. The highest BCUT2D eigenvalue weighted by atomic mass is 35.5. The van der Waals surface area contributed by atoms with E-state index in [0.717, 1.165) is 19.3 Å². The molecule has 0 unspecified atom stereocenters. The maximum absolute atomic E-state index is 12.7. The average molecular weight is 378 g/mol. The zero-order valence-corrected chi connectivity index (χ0v) is 15.1. The van der Waals surface area contributed by atoms with Crippen molar-refractivity contribution in [2.24, 2.45) is 0 Å². The molecule has 0 radical (unpaired) electrons. The van der Waals surface area contributed by atoms with Gasteiger partial charge in [-0.3, -0.25) is 4.79 Å². The van der Waals surface area contributed by atoms with E-state index in [9.17, 15) is 14.7 Å². The van der Waals surface area contributed by atoms with Crippen LogP contribution in [0.15, 0.2) is 30.5 Å². The van der Waals surface area contributed by atoms with Crippen LogP contribution in [0.4, 0.5) is 0 Å². The summed E-state index contributed by atoms with van der Waals surface area (Å²) in [7, 11) is 1.44. The highest BCUT2D eigenvalue weighted by Crippen LogP contribution is 2.30. The van der Waals surface area contributed by atoms with Crippen molar-refractivity contribution in [3.05, 3.63) is 41.2 Å². The molecule has 3 rings (SSSR count). The van der Waals surface area contributed by atoms with Gasteiger partial charge in [-0.15, -0.1) is 0 Å². The number of aliphatic carboxylic acids is 1. The van der Waals surface area contributed by atoms with Crippen LogP contribution in [-0.2, 0) is 4.79 Å². The summed E-state index contributed by atoms with van der Waals surface area (Å²) in [6, 6.07) is 6.95. The minimum Gasteiger partial charge on any atom is -0.493 e. The van der Waals surface area contributed by atoms with Crippen LogP contribution in [0.1, 0.15) is 42.6 Å². The maximum Gasteiger partial charge on any atom is 0.329 e. The number of rotatable bonds is 5. The van der Waals surface area contributed by atoms with Crippen molar-refractivity contribution in [1.82, 2.24) is 15.1 Å². The number of aromatic nitrogens is 2. The summed E-state index contributed by atoms with van der Waals surface area (Å²) in [5.41, 5.74) is -0.490. The van der Waals surface area contributed by atoms with E-state index in [1.54, 1.807) is 30.5 Å². The number of carbonyl (C=O) groups excluding carboxylic acids is 1. The number of halogens is 1. The first-order valence-corrected chi connectivity index (χ1v) is 8.78. The van der Waals surface area contributed by atoms with E-state index in [1.165, 1.54) is 11.8 Å². The number of nitrogens with one attached hydrogen (secondary N) is 1. The number of carboxylic acid groups (broad SMARTS) is 1. The molecule has 1 saturated carbocycles. The molecular formula is C18H20ClN3O4. The average Bonchev–Trinajstić information content (AvgIpc) is 3.07. The number of hydrogen-bond donors (Lipinski definition) is 2. The first-order chi connectivity index (χ1) is 12.4. The minimum absolute atomic E-state index is 0.0497. The van der Waals surface area contributed by atoms with Gasteiger partial charge >= 0.3 is 5.97 Å². The third-order valence-electron chi connectivity index (χ3n) is 4.68. The largest absolute Gasteiger partial charge is 0.493 e. The van der Waals surface area contributed by atoms with E-state index in [1.807, 2.05) is 0 Å². The number of amides is 1. The third-order valence-corrected chi connectivity index (χ3v) is 4.93. The molecule has 0 bridgehead atoms. The second-order valence-electron chi connectivity index (χ2n) is 6.37. The van der Waals surface area contributed by atoms with E-state index in [4.69, 9.17) is 16.3 Å². The molecule has 1 fully saturated rings. The Labute approximate surface area is 155 Å². The molecule has 138 valence electrons. The molecule has 2 N–H and O–H groups in total. The number of ether oxygens (including phenoxy) is 1.